The Bertz CT molecular complexity index is 785. The molecule has 2 aliphatic carbocycles. The molecule has 0 amide bonds. The van der Waals surface area contributed by atoms with Crippen molar-refractivity contribution >= 4 is 0 Å². The van der Waals surface area contributed by atoms with Crippen molar-refractivity contribution in [3.05, 3.63) is 0 Å². The summed E-state index contributed by atoms with van der Waals surface area (Å²) in [5.41, 5.74) is 7.39. The van der Waals surface area contributed by atoms with Crippen LogP contribution in [0.4, 0.5) is 0 Å². The molecule has 4 heterocycles. The van der Waals surface area contributed by atoms with Gasteiger partial charge in [-0.25, -0.2) is 0 Å². The summed E-state index contributed by atoms with van der Waals surface area (Å²) in [7, 11) is 0. The molecule has 8 atom stereocenters. The van der Waals surface area contributed by atoms with Crippen LogP contribution in [-0.4, -0.2) is 68.6 Å². The van der Waals surface area contributed by atoms with Gasteiger partial charge in [0, 0.05) is 37.8 Å². The molecule has 0 aromatic rings. The summed E-state index contributed by atoms with van der Waals surface area (Å²) < 4.78 is 5.62. The first-order valence-electron chi connectivity index (χ1n) is 15.2. The molecule has 7 heteroatoms. The van der Waals surface area contributed by atoms with Crippen molar-refractivity contribution < 1.29 is 4.74 Å². The Labute approximate surface area is 218 Å². The number of nitrogens with zero attached hydrogens (tertiary/aromatic N) is 2. The first-order chi connectivity index (χ1) is 17.5. The molecule has 0 radical (unpaired) electrons. The zero-order chi connectivity index (χ0) is 24.7. The monoisotopic (exact) mass is 498 g/mol. The Balaban J connectivity index is 1.10. The fraction of sp³-hybridized carbons (Fsp3) is 0.966. The van der Waals surface area contributed by atoms with E-state index in [0.29, 0.717) is 30.2 Å². The van der Waals surface area contributed by atoms with E-state index in [4.69, 9.17) is 4.74 Å². The molecular weight excluding hydrogens is 448 g/mol. The van der Waals surface area contributed by atoms with E-state index in [0.717, 1.165) is 62.4 Å². The minimum absolute atomic E-state index is 0.181. The smallest absolute Gasteiger partial charge is 0.0686 e. The molecule has 6 fully saturated rings. The lowest BCUT2D eigenvalue weighted by Gasteiger charge is -2.50. The second-order valence-corrected chi connectivity index (χ2v) is 13.6. The normalized spacial score (nSPS) is 46.5. The molecule has 4 N–H and O–H groups in total. The maximum atomic E-state index is 9.64. The molecule has 6 aliphatic rings. The van der Waals surface area contributed by atoms with Crippen LogP contribution in [-0.2, 0) is 4.74 Å². The fourth-order valence-electron chi connectivity index (χ4n) is 9.26. The van der Waals surface area contributed by atoms with Gasteiger partial charge in [-0.1, -0.05) is 0 Å². The highest BCUT2D eigenvalue weighted by atomic mass is 16.5. The van der Waals surface area contributed by atoms with Gasteiger partial charge in [-0.2, -0.15) is 5.26 Å². The van der Waals surface area contributed by atoms with Crippen LogP contribution in [0.1, 0.15) is 71.6 Å². The lowest BCUT2D eigenvalue weighted by molar-refractivity contribution is -0.0155. The topological polar surface area (TPSA) is 84.4 Å². The highest BCUT2D eigenvalue weighted by molar-refractivity contribution is 5.08. The quantitative estimate of drug-likeness (QED) is 0.474. The van der Waals surface area contributed by atoms with Crippen LogP contribution in [0.3, 0.4) is 0 Å². The van der Waals surface area contributed by atoms with Crippen LogP contribution in [0, 0.1) is 52.3 Å². The van der Waals surface area contributed by atoms with Crippen LogP contribution in [0.15, 0.2) is 0 Å². The number of morpholine rings is 1. The zero-order valence-electron chi connectivity index (χ0n) is 22.7. The third-order valence-electron chi connectivity index (χ3n) is 11.5. The summed E-state index contributed by atoms with van der Waals surface area (Å²) in [4.78, 5) is 2.64. The van der Waals surface area contributed by atoms with Crippen molar-refractivity contribution in [3.8, 4) is 6.07 Å². The van der Waals surface area contributed by atoms with E-state index in [2.05, 4.69) is 46.3 Å². The van der Waals surface area contributed by atoms with E-state index < -0.39 is 0 Å². The van der Waals surface area contributed by atoms with Crippen molar-refractivity contribution in [1.29, 1.82) is 5.26 Å². The summed E-state index contributed by atoms with van der Waals surface area (Å²) in [5.74, 6) is 4.60. The van der Waals surface area contributed by atoms with Crippen LogP contribution >= 0.6 is 0 Å². The Hall–Kier alpha value is -0.750. The Morgan fingerprint density at radius 2 is 1.58 bits per heavy atom. The largest absolute Gasteiger partial charge is 0.379 e. The molecule has 36 heavy (non-hydrogen) atoms. The lowest BCUT2D eigenvalue weighted by atomic mass is 9.60. The summed E-state index contributed by atoms with van der Waals surface area (Å²) in [6.07, 6.45) is 12.4. The molecule has 0 spiro atoms. The molecule has 4 aliphatic heterocycles. The SMILES string of the molecule is CC(C)(C#N)C1CCC(C2NNC3CNC4CCC(C5CCNC(N6CCOCC6)C5)CC4C32)CC1. The second-order valence-electron chi connectivity index (χ2n) is 13.6. The predicted molar refractivity (Wildman–Crippen MR) is 142 cm³/mol. The van der Waals surface area contributed by atoms with E-state index in [1.165, 1.54) is 64.3 Å². The number of hydrogen-bond acceptors (Lipinski definition) is 7. The van der Waals surface area contributed by atoms with Crippen LogP contribution in [0.2, 0.25) is 0 Å². The van der Waals surface area contributed by atoms with Gasteiger partial charge >= 0.3 is 0 Å². The minimum Gasteiger partial charge on any atom is -0.379 e. The summed E-state index contributed by atoms with van der Waals surface area (Å²) in [5, 5.41) is 17.4. The van der Waals surface area contributed by atoms with Gasteiger partial charge in [-0.05, 0) is 114 Å². The van der Waals surface area contributed by atoms with Gasteiger partial charge < -0.3 is 15.4 Å². The molecule has 8 unspecified atom stereocenters. The molecule has 4 saturated heterocycles. The second kappa shape index (κ2) is 10.8. The number of rotatable bonds is 4. The summed E-state index contributed by atoms with van der Waals surface area (Å²) in [6, 6.07) is 4.46. The average Bonchev–Trinajstić information content (AvgIpc) is 3.38. The lowest BCUT2D eigenvalue weighted by Crippen LogP contribution is -2.59. The molecule has 7 nitrogen and oxygen atoms in total. The number of nitrogens with one attached hydrogen (secondary N) is 4. The number of hydrazine groups is 1. The maximum Gasteiger partial charge on any atom is 0.0686 e. The minimum atomic E-state index is -0.181. The molecule has 2 saturated carbocycles. The van der Waals surface area contributed by atoms with Crippen molar-refractivity contribution in [2.24, 2.45) is 40.9 Å². The van der Waals surface area contributed by atoms with Crippen molar-refractivity contribution in [3.63, 3.8) is 0 Å². The summed E-state index contributed by atoms with van der Waals surface area (Å²) in [6.45, 7) is 10.5. The zero-order valence-corrected chi connectivity index (χ0v) is 22.7. The third-order valence-corrected chi connectivity index (χ3v) is 11.5. The van der Waals surface area contributed by atoms with E-state index in [1.54, 1.807) is 0 Å². The van der Waals surface area contributed by atoms with Crippen LogP contribution < -0.4 is 21.5 Å². The summed E-state index contributed by atoms with van der Waals surface area (Å²) >= 11 is 0. The van der Waals surface area contributed by atoms with Gasteiger partial charge in [0.1, 0.15) is 0 Å². The molecule has 6 rings (SSSR count). The molecule has 202 valence electrons. The number of nitriles is 1. The standard InChI is InChI=1S/C29H50N6O/c1-29(2,18-30)22-6-3-19(4-7-22)28-27-23-15-20(5-8-24(23)32-17-25(27)33-34-28)21-9-10-31-26(16-21)35-11-13-36-14-12-35/h19-28,31-34H,3-17H2,1-2H3. The van der Waals surface area contributed by atoms with E-state index >= 15 is 0 Å². The molecule has 0 aromatic carbocycles. The number of piperidine rings is 2. The van der Waals surface area contributed by atoms with Gasteiger partial charge in [0.25, 0.3) is 0 Å². The Morgan fingerprint density at radius 1 is 0.833 bits per heavy atom. The van der Waals surface area contributed by atoms with E-state index in [-0.39, 0.29) is 5.41 Å². The average molecular weight is 499 g/mol. The van der Waals surface area contributed by atoms with Crippen molar-refractivity contribution in [2.75, 3.05) is 39.4 Å². The maximum absolute atomic E-state index is 9.64. The number of ether oxygens (including phenoxy) is 1. The van der Waals surface area contributed by atoms with E-state index in [9.17, 15) is 5.26 Å². The number of fused-ring (bicyclic) bond motifs is 3. The Morgan fingerprint density at radius 3 is 2.36 bits per heavy atom. The van der Waals surface area contributed by atoms with Crippen LogP contribution in [0.25, 0.3) is 0 Å². The van der Waals surface area contributed by atoms with Crippen molar-refractivity contribution in [2.45, 2.75) is 95.9 Å². The van der Waals surface area contributed by atoms with Crippen LogP contribution in [0.5, 0.6) is 0 Å². The number of hydrogen-bond donors (Lipinski definition) is 4. The third kappa shape index (κ3) is 4.99. The predicted octanol–water partition coefficient (Wildman–Crippen LogP) is 2.85. The van der Waals surface area contributed by atoms with Gasteiger partial charge in [-0.3, -0.25) is 15.8 Å². The molecule has 0 aromatic heterocycles. The van der Waals surface area contributed by atoms with Gasteiger partial charge in [-0.15, -0.1) is 0 Å². The first-order valence-corrected chi connectivity index (χ1v) is 15.2. The Kier molecular flexibility index (Phi) is 7.65. The highest BCUT2D eigenvalue weighted by Crippen LogP contribution is 2.48. The van der Waals surface area contributed by atoms with E-state index in [1.807, 2.05) is 0 Å². The first kappa shape index (κ1) is 25.5. The van der Waals surface area contributed by atoms with Gasteiger partial charge in [0.05, 0.1) is 30.9 Å². The van der Waals surface area contributed by atoms with Crippen molar-refractivity contribution in [1.82, 2.24) is 26.4 Å². The molecule has 0 bridgehead atoms. The molecular formula is C29H50N6O. The highest BCUT2D eigenvalue weighted by Gasteiger charge is 2.52. The van der Waals surface area contributed by atoms with Gasteiger partial charge in [0.15, 0.2) is 0 Å². The fourth-order valence-corrected chi connectivity index (χ4v) is 9.26. The van der Waals surface area contributed by atoms with Gasteiger partial charge in [0.2, 0.25) is 0 Å².